The minimum atomic E-state index is -0.357. The average molecular weight is 330 g/mol. The number of ketones is 1. The van der Waals surface area contributed by atoms with Crippen molar-refractivity contribution in [3.63, 3.8) is 0 Å². The van der Waals surface area contributed by atoms with E-state index < -0.39 is 0 Å². The number of urea groups is 1. The number of anilines is 2. The summed E-state index contributed by atoms with van der Waals surface area (Å²) in [6, 6.07) is 24.0. The molecule has 0 aliphatic rings. The van der Waals surface area contributed by atoms with Crippen LogP contribution in [0.5, 0.6) is 0 Å². The van der Waals surface area contributed by atoms with Gasteiger partial charge in [-0.15, -0.1) is 0 Å². The Bertz CT molecular complexity index is 905. The molecule has 0 aromatic heterocycles. The summed E-state index contributed by atoms with van der Waals surface area (Å²) in [4.78, 5) is 23.8. The summed E-state index contributed by atoms with van der Waals surface area (Å²) < 4.78 is 0. The molecule has 4 heteroatoms. The van der Waals surface area contributed by atoms with Crippen molar-refractivity contribution in [1.82, 2.24) is 0 Å². The van der Waals surface area contributed by atoms with Gasteiger partial charge in [-0.3, -0.25) is 4.79 Å². The lowest BCUT2D eigenvalue weighted by molar-refractivity contribution is 0.101. The van der Waals surface area contributed by atoms with E-state index in [1.54, 1.807) is 24.3 Å². The van der Waals surface area contributed by atoms with Gasteiger partial charge in [-0.2, -0.15) is 0 Å². The first-order valence-electron chi connectivity index (χ1n) is 7.97. The Labute approximate surface area is 146 Å². The van der Waals surface area contributed by atoms with E-state index in [-0.39, 0.29) is 11.8 Å². The second-order valence-electron chi connectivity index (χ2n) is 5.63. The smallest absolute Gasteiger partial charge is 0.308 e. The number of carbonyl (C=O) groups is 2. The van der Waals surface area contributed by atoms with Crippen LogP contribution in [0.2, 0.25) is 0 Å². The lowest BCUT2D eigenvalue weighted by atomic mass is 10.0. The molecule has 0 aliphatic carbocycles. The minimum absolute atomic E-state index is 0.0431. The Hall–Kier alpha value is -3.40. The predicted molar refractivity (Wildman–Crippen MR) is 101 cm³/mol. The molecule has 2 N–H and O–H groups in total. The normalized spacial score (nSPS) is 10.1. The maximum atomic E-state index is 12.3. The summed E-state index contributed by atoms with van der Waals surface area (Å²) in [7, 11) is 0. The maximum Gasteiger partial charge on any atom is 0.323 e. The lowest BCUT2D eigenvalue weighted by Gasteiger charge is -2.12. The first-order chi connectivity index (χ1) is 12.1. The van der Waals surface area contributed by atoms with Gasteiger partial charge in [0.05, 0.1) is 5.69 Å². The molecule has 0 saturated heterocycles. The Kier molecular flexibility index (Phi) is 4.90. The third-order valence-corrected chi connectivity index (χ3v) is 3.79. The molecule has 0 fully saturated rings. The lowest BCUT2D eigenvalue weighted by Crippen LogP contribution is -2.20. The van der Waals surface area contributed by atoms with E-state index in [4.69, 9.17) is 0 Å². The highest BCUT2D eigenvalue weighted by Gasteiger charge is 2.09. The second-order valence-corrected chi connectivity index (χ2v) is 5.63. The molecule has 3 aromatic rings. The van der Waals surface area contributed by atoms with Gasteiger partial charge in [0.1, 0.15) is 0 Å². The van der Waals surface area contributed by atoms with E-state index >= 15 is 0 Å². The number of carbonyl (C=O) groups excluding carboxylic acids is 2. The Balaban J connectivity index is 1.78. The fourth-order valence-corrected chi connectivity index (χ4v) is 2.56. The van der Waals surface area contributed by atoms with Crippen LogP contribution in [-0.4, -0.2) is 11.8 Å². The molecule has 0 aliphatic heterocycles. The summed E-state index contributed by atoms with van der Waals surface area (Å²) in [5.74, 6) is -0.0431. The molecule has 0 bridgehead atoms. The highest BCUT2D eigenvalue weighted by atomic mass is 16.2. The Morgan fingerprint density at radius 3 is 2.24 bits per heavy atom. The SMILES string of the molecule is CC(=O)c1cccc(NC(=O)Nc2ccccc2-c2ccccc2)c1. The van der Waals surface area contributed by atoms with E-state index in [9.17, 15) is 9.59 Å². The number of benzene rings is 3. The molecule has 3 rings (SSSR count). The zero-order valence-corrected chi connectivity index (χ0v) is 13.8. The van der Waals surface area contributed by atoms with Crippen molar-refractivity contribution >= 4 is 23.2 Å². The van der Waals surface area contributed by atoms with E-state index in [1.165, 1.54) is 6.92 Å². The Morgan fingerprint density at radius 2 is 1.48 bits per heavy atom. The molecule has 0 saturated carbocycles. The molecule has 0 unspecified atom stereocenters. The van der Waals surface area contributed by atoms with E-state index in [0.29, 0.717) is 16.9 Å². The molecule has 2 amide bonds. The van der Waals surface area contributed by atoms with Gasteiger partial charge in [0.2, 0.25) is 0 Å². The van der Waals surface area contributed by atoms with Gasteiger partial charge in [-0.05, 0) is 30.7 Å². The number of Topliss-reactive ketones (excluding diaryl/α,β-unsaturated/α-hetero) is 1. The predicted octanol–water partition coefficient (Wildman–Crippen LogP) is 5.20. The summed E-state index contributed by atoms with van der Waals surface area (Å²) in [6.07, 6.45) is 0. The largest absolute Gasteiger partial charge is 0.323 e. The quantitative estimate of drug-likeness (QED) is 0.646. The first kappa shape index (κ1) is 16.5. The molecule has 3 aromatic carbocycles. The van der Waals surface area contributed by atoms with Crippen LogP contribution in [0.3, 0.4) is 0 Å². The van der Waals surface area contributed by atoms with E-state index in [1.807, 2.05) is 54.6 Å². The molecule has 0 atom stereocenters. The van der Waals surface area contributed by atoms with Crippen LogP contribution >= 0.6 is 0 Å². The molecular formula is C21H18N2O2. The molecule has 4 nitrogen and oxygen atoms in total. The monoisotopic (exact) mass is 330 g/mol. The van der Waals surface area contributed by atoms with Crippen LogP contribution in [-0.2, 0) is 0 Å². The number of hydrogen-bond donors (Lipinski definition) is 2. The van der Waals surface area contributed by atoms with E-state index in [0.717, 1.165) is 11.1 Å². The van der Waals surface area contributed by atoms with Gasteiger partial charge < -0.3 is 10.6 Å². The molecular weight excluding hydrogens is 312 g/mol. The number of nitrogens with one attached hydrogen (secondary N) is 2. The van der Waals surface area contributed by atoms with Gasteiger partial charge in [0, 0.05) is 16.8 Å². The number of para-hydroxylation sites is 1. The highest BCUT2D eigenvalue weighted by Crippen LogP contribution is 2.27. The van der Waals surface area contributed by atoms with Crippen LogP contribution in [0.15, 0.2) is 78.9 Å². The molecule has 0 spiro atoms. The summed E-state index contributed by atoms with van der Waals surface area (Å²) in [5.41, 5.74) is 3.81. The molecule has 25 heavy (non-hydrogen) atoms. The maximum absolute atomic E-state index is 12.3. The van der Waals surface area contributed by atoms with Gasteiger partial charge in [-0.25, -0.2) is 4.79 Å². The van der Waals surface area contributed by atoms with Crippen molar-refractivity contribution in [2.45, 2.75) is 6.92 Å². The van der Waals surface area contributed by atoms with Crippen LogP contribution in [0.4, 0.5) is 16.2 Å². The van der Waals surface area contributed by atoms with Crippen molar-refractivity contribution in [1.29, 1.82) is 0 Å². The number of amides is 2. The molecule has 124 valence electrons. The molecule has 0 heterocycles. The third kappa shape index (κ3) is 4.12. The van der Waals surface area contributed by atoms with Crippen molar-refractivity contribution < 1.29 is 9.59 Å². The third-order valence-electron chi connectivity index (χ3n) is 3.79. The standard InChI is InChI=1S/C21H18N2O2/c1-15(24)17-10-7-11-18(14-17)22-21(25)23-20-13-6-5-12-19(20)16-8-3-2-4-9-16/h2-14H,1H3,(H2,22,23,25). The summed E-state index contributed by atoms with van der Waals surface area (Å²) >= 11 is 0. The Morgan fingerprint density at radius 1 is 0.760 bits per heavy atom. The zero-order valence-electron chi connectivity index (χ0n) is 13.8. The zero-order chi connectivity index (χ0) is 17.6. The van der Waals surface area contributed by atoms with Gasteiger partial charge in [0.15, 0.2) is 5.78 Å². The molecule has 0 radical (unpaired) electrons. The second kappa shape index (κ2) is 7.45. The van der Waals surface area contributed by atoms with Crippen LogP contribution in [0, 0.1) is 0 Å². The average Bonchev–Trinajstić information content (AvgIpc) is 2.63. The first-order valence-corrected chi connectivity index (χ1v) is 7.97. The van der Waals surface area contributed by atoms with Crippen LogP contribution < -0.4 is 10.6 Å². The van der Waals surface area contributed by atoms with Gasteiger partial charge >= 0.3 is 6.03 Å². The fraction of sp³-hybridized carbons (Fsp3) is 0.0476. The van der Waals surface area contributed by atoms with Crippen molar-refractivity contribution in [2.24, 2.45) is 0 Å². The van der Waals surface area contributed by atoms with Crippen LogP contribution in [0.25, 0.3) is 11.1 Å². The van der Waals surface area contributed by atoms with Crippen molar-refractivity contribution in [3.8, 4) is 11.1 Å². The van der Waals surface area contributed by atoms with Gasteiger partial charge in [-0.1, -0.05) is 60.7 Å². The van der Waals surface area contributed by atoms with Crippen molar-refractivity contribution in [2.75, 3.05) is 10.6 Å². The summed E-state index contributed by atoms with van der Waals surface area (Å²) in [5, 5.41) is 5.63. The van der Waals surface area contributed by atoms with Crippen molar-refractivity contribution in [3.05, 3.63) is 84.4 Å². The summed E-state index contributed by atoms with van der Waals surface area (Å²) in [6.45, 7) is 1.50. The fourth-order valence-electron chi connectivity index (χ4n) is 2.56. The van der Waals surface area contributed by atoms with Gasteiger partial charge in [0.25, 0.3) is 0 Å². The van der Waals surface area contributed by atoms with Crippen LogP contribution in [0.1, 0.15) is 17.3 Å². The number of hydrogen-bond acceptors (Lipinski definition) is 2. The topological polar surface area (TPSA) is 58.2 Å². The minimum Gasteiger partial charge on any atom is -0.308 e. The van der Waals surface area contributed by atoms with E-state index in [2.05, 4.69) is 10.6 Å². The number of rotatable bonds is 4. The highest BCUT2D eigenvalue weighted by molar-refractivity contribution is 6.03.